The SMILES string of the molecule is OCc1cc2nc(Cl)nc(Nc3cn(-c4ccccc4)cn3)c2s1. The number of aromatic nitrogens is 4. The first-order chi connectivity index (χ1) is 11.7. The van der Waals surface area contributed by atoms with Crippen LogP contribution in [0.4, 0.5) is 11.6 Å². The first-order valence-electron chi connectivity index (χ1n) is 7.16. The van der Waals surface area contributed by atoms with Gasteiger partial charge >= 0.3 is 0 Å². The van der Waals surface area contributed by atoms with E-state index in [1.165, 1.54) is 11.3 Å². The van der Waals surface area contributed by atoms with Crippen LogP contribution in [0.1, 0.15) is 4.88 Å². The van der Waals surface area contributed by atoms with Gasteiger partial charge in [-0.3, -0.25) is 0 Å². The molecule has 0 saturated heterocycles. The van der Waals surface area contributed by atoms with E-state index in [2.05, 4.69) is 20.3 Å². The Hall–Kier alpha value is -2.48. The van der Waals surface area contributed by atoms with Gasteiger partial charge in [-0.2, -0.15) is 4.98 Å². The second-order valence-electron chi connectivity index (χ2n) is 5.05. The van der Waals surface area contributed by atoms with Gasteiger partial charge in [0.05, 0.1) is 23.0 Å². The molecule has 0 radical (unpaired) electrons. The molecule has 0 atom stereocenters. The quantitative estimate of drug-likeness (QED) is 0.544. The maximum absolute atomic E-state index is 9.31. The molecule has 0 amide bonds. The van der Waals surface area contributed by atoms with Crippen molar-refractivity contribution in [2.75, 3.05) is 5.32 Å². The molecule has 3 heterocycles. The third-order valence-corrected chi connectivity index (χ3v) is 4.72. The number of nitrogens with one attached hydrogen (secondary N) is 1. The third-order valence-electron chi connectivity index (χ3n) is 3.43. The minimum absolute atomic E-state index is 0.0410. The summed E-state index contributed by atoms with van der Waals surface area (Å²) >= 11 is 7.42. The molecule has 0 aliphatic heterocycles. The van der Waals surface area contributed by atoms with Crippen LogP contribution in [0.3, 0.4) is 0 Å². The van der Waals surface area contributed by atoms with Gasteiger partial charge in [0.25, 0.3) is 0 Å². The molecule has 0 spiro atoms. The summed E-state index contributed by atoms with van der Waals surface area (Å²) in [5.74, 6) is 1.22. The number of halogens is 1. The van der Waals surface area contributed by atoms with Gasteiger partial charge in [-0.05, 0) is 29.8 Å². The largest absolute Gasteiger partial charge is 0.391 e. The van der Waals surface area contributed by atoms with E-state index in [0.29, 0.717) is 17.2 Å². The monoisotopic (exact) mass is 357 g/mol. The van der Waals surface area contributed by atoms with E-state index in [-0.39, 0.29) is 11.9 Å². The molecule has 2 N–H and O–H groups in total. The zero-order chi connectivity index (χ0) is 16.5. The zero-order valence-corrected chi connectivity index (χ0v) is 13.9. The molecule has 6 nitrogen and oxygen atoms in total. The number of aliphatic hydroxyl groups is 1. The molecule has 0 aliphatic carbocycles. The first-order valence-corrected chi connectivity index (χ1v) is 8.35. The van der Waals surface area contributed by atoms with Crippen molar-refractivity contribution in [1.29, 1.82) is 0 Å². The van der Waals surface area contributed by atoms with E-state index in [1.54, 1.807) is 12.4 Å². The van der Waals surface area contributed by atoms with E-state index < -0.39 is 0 Å². The lowest BCUT2D eigenvalue weighted by Crippen LogP contribution is -1.96. The van der Waals surface area contributed by atoms with Crippen molar-refractivity contribution in [3.05, 3.63) is 59.1 Å². The van der Waals surface area contributed by atoms with Crippen LogP contribution in [-0.4, -0.2) is 24.6 Å². The van der Waals surface area contributed by atoms with Crippen LogP contribution < -0.4 is 5.32 Å². The van der Waals surface area contributed by atoms with Crippen LogP contribution >= 0.6 is 22.9 Å². The number of hydrogen-bond acceptors (Lipinski definition) is 6. The predicted molar refractivity (Wildman–Crippen MR) is 95.2 cm³/mol. The van der Waals surface area contributed by atoms with Gasteiger partial charge in [0.2, 0.25) is 5.28 Å². The summed E-state index contributed by atoms with van der Waals surface area (Å²) in [6.07, 6.45) is 3.60. The predicted octanol–water partition coefficient (Wildman–Crippen LogP) is 3.77. The van der Waals surface area contributed by atoms with E-state index >= 15 is 0 Å². The number of hydrogen-bond donors (Lipinski definition) is 2. The summed E-state index contributed by atoms with van der Waals surface area (Å²) in [5.41, 5.74) is 1.72. The van der Waals surface area contributed by atoms with E-state index in [9.17, 15) is 5.11 Å². The fourth-order valence-corrected chi connectivity index (χ4v) is 3.44. The van der Waals surface area contributed by atoms with Gasteiger partial charge in [0.15, 0.2) is 5.82 Å². The molecule has 0 saturated carbocycles. The Morgan fingerprint density at radius 1 is 1.21 bits per heavy atom. The fraction of sp³-hybridized carbons (Fsp3) is 0.0625. The Labute approximate surface area is 146 Å². The molecule has 24 heavy (non-hydrogen) atoms. The highest BCUT2D eigenvalue weighted by Crippen LogP contribution is 2.32. The number of anilines is 2. The van der Waals surface area contributed by atoms with Crippen LogP contribution in [0.2, 0.25) is 5.28 Å². The van der Waals surface area contributed by atoms with Crippen LogP contribution in [0.5, 0.6) is 0 Å². The number of fused-ring (bicyclic) bond motifs is 1. The summed E-state index contributed by atoms with van der Waals surface area (Å²) < 4.78 is 2.74. The Morgan fingerprint density at radius 3 is 2.83 bits per heavy atom. The molecule has 1 aromatic carbocycles. The van der Waals surface area contributed by atoms with Crippen molar-refractivity contribution in [2.24, 2.45) is 0 Å². The molecule has 0 unspecified atom stereocenters. The third kappa shape index (κ3) is 2.84. The highest BCUT2D eigenvalue weighted by Gasteiger charge is 2.12. The van der Waals surface area contributed by atoms with Crippen LogP contribution in [0, 0.1) is 0 Å². The Bertz CT molecular complexity index is 998. The number of rotatable bonds is 4. The lowest BCUT2D eigenvalue weighted by molar-refractivity contribution is 0.285. The van der Waals surface area contributed by atoms with Crippen molar-refractivity contribution in [3.8, 4) is 5.69 Å². The summed E-state index contributed by atoms with van der Waals surface area (Å²) in [5, 5.41) is 12.6. The minimum atomic E-state index is -0.0410. The van der Waals surface area contributed by atoms with E-state index in [4.69, 9.17) is 11.6 Å². The molecule has 8 heteroatoms. The van der Waals surface area contributed by atoms with Gasteiger partial charge in [0.1, 0.15) is 12.1 Å². The van der Waals surface area contributed by atoms with Crippen LogP contribution in [0.15, 0.2) is 48.9 Å². The van der Waals surface area contributed by atoms with E-state index in [0.717, 1.165) is 15.3 Å². The number of thiophene rings is 1. The molecule has 4 aromatic rings. The molecule has 0 aliphatic rings. The number of para-hydroxylation sites is 1. The highest BCUT2D eigenvalue weighted by molar-refractivity contribution is 7.19. The summed E-state index contributed by atoms with van der Waals surface area (Å²) in [4.78, 5) is 13.6. The van der Waals surface area contributed by atoms with Gasteiger partial charge in [-0.25, -0.2) is 9.97 Å². The van der Waals surface area contributed by atoms with Crippen molar-refractivity contribution in [3.63, 3.8) is 0 Å². The molecule has 0 fully saturated rings. The Morgan fingerprint density at radius 2 is 2.04 bits per heavy atom. The smallest absolute Gasteiger partial charge is 0.224 e. The standard InChI is InChI=1S/C16H12ClN5OS/c17-16-19-12-6-11(8-23)24-14(12)15(21-16)20-13-7-22(9-18-13)10-4-2-1-3-5-10/h1-7,9,23H,8H2,(H,19,20,21). The lowest BCUT2D eigenvalue weighted by atomic mass is 10.3. The fourth-order valence-electron chi connectivity index (χ4n) is 2.36. The topological polar surface area (TPSA) is 75.9 Å². The number of aliphatic hydroxyl groups excluding tert-OH is 1. The van der Waals surface area contributed by atoms with Crippen molar-refractivity contribution in [2.45, 2.75) is 6.61 Å². The highest BCUT2D eigenvalue weighted by atomic mass is 35.5. The first kappa shape index (κ1) is 15.1. The van der Waals surface area contributed by atoms with Crippen LogP contribution in [-0.2, 0) is 6.61 Å². The molecule has 3 aromatic heterocycles. The summed E-state index contributed by atoms with van der Waals surface area (Å²) in [7, 11) is 0. The normalized spacial score (nSPS) is 11.1. The average molecular weight is 358 g/mol. The molecule has 0 bridgehead atoms. The maximum atomic E-state index is 9.31. The molecular formula is C16H12ClN5OS. The van der Waals surface area contributed by atoms with Crippen molar-refractivity contribution < 1.29 is 5.11 Å². The number of benzene rings is 1. The molecule has 4 rings (SSSR count). The summed E-state index contributed by atoms with van der Waals surface area (Å²) in [6.45, 7) is -0.0410. The van der Waals surface area contributed by atoms with Gasteiger partial charge in [-0.1, -0.05) is 18.2 Å². The Kier molecular flexibility index (Phi) is 3.89. The number of nitrogens with zero attached hydrogens (tertiary/aromatic N) is 4. The maximum Gasteiger partial charge on any atom is 0.224 e. The second kappa shape index (κ2) is 6.20. The van der Waals surface area contributed by atoms with Gasteiger partial charge < -0.3 is 15.0 Å². The summed E-state index contributed by atoms with van der Waals surface area (Å²) in [6, 6.07) is 11.7. The molecule has 120 valence electrons. The number of imidazole rings is 1. The van der Waals surface area contributed by atoms with Crippen molar-refractivity contribution >= 4 is 44.8 Å². The van der Waals surface area contributed by atoms with Gasteiger partial charge in [0, 0.05) is 10.6 Å². The lowest BCUT2D eigenvalue weighted by Gasteiger charge is -2.04. The zero-order valence-electron chi connectivity index (χ0n) is 12.3. The van der Waals surface area contributed by atoms with E-state index in [1.807, 2.05) is 41.1 Å². The van der Waals surface area contributed by atoms with Crippen LogP contribution in [0.25, 0.3) is 15.9 Å². The van der Waals surface area contributed by atoms with Gasteiger partial charge in [-0.15, -0.1) is 11.3 Å². The second-order valence-corrected chi connectivity index (χ2v) is 6.53. The Balaban J connectivity index is 1.70. The molecular weight excluding hydrogens is 346 g/mol. The minimum Gasteiger partial charge on any atom is -0.391 e. The average Bonchev–Trinajstić information content (AvgIpc) is 3.22. The van der Waals surface area contributed by atoms with Crippen molar-refractivity contribution in [1.82, 2.24) is 19.5 Å².